The SMILES string of the molecule is O=C(NC[C@@H]1CCOC1)c1n[nH]c2ccccc12. The van der Waals surface area contributed by atoms with E-state index in [0.717, 1.165) is 30.5 Å². The molecule has 1 aliphatic rings. The van der Waals surface area contributed by atoms with E-state index in [9.17, 15) is 4.79 Å². The summed E-state index contributed by atoms with van der Waals surface area (Å²) in [7, 11) is 0. The van der Waals surface area contributed by atoms with Gasteiger partial charge in [0.1, 0.15) is 0 Å². The van der Waals surface area contributed by atoms with Crippen molar-refractivity contribution in [2.24, 2.45) is 5.92 Å². The first-order chi connectivity index (χ1) is 8.84. The van der Waals surface area contributed by atoms with Gasteiger partial charge in [-0.25, -0.2) is 0 Å². The zero-order chi connectivity index (χ0) is 12.4. The van der Waals surface area contributed by atoms with Crippen LogP contribution in [0.5, 0.6) is 0 Å². The molecule has 1 aliphatic heterocycles. The Morgan fingerprint density at radius 1 is 1.50 bits per heavy atom. The standard InChI is InChI=1S/C13H15N3O2/c17-13(14-7-9-5-6-18-8-9)12-10-3-1-2-4-11(10)15-16-12/h1-4,9H,5-8H2,(H,14,17)(H,15,16)/t9-/m0/s1. The Balaban J connectivity index is 1.71. The molecule has 18 heavy (non-hydrogen) atoms. The predicted octanol–water partition coefficient (Wildman–Crippen LogP) is 1.33. The molecule has 0 aliphatic carbocycles. The van der Waals surface area contributed by atoms with Gasteiger partial charge in [-0.1, -0.05) is 18.2 Å². The number of nitrogens with zero attached hydrogens (tertiary/aromatic N) is 1. The molecular formula is C13H15N3O2. The van der Waals surface area contributed by atoms with Crippen molar-refractivity contribution in [1.29, 1.82) is 0 Å². The van der Waals surface area contributed by atoms with Gasteiger partial charge in [-0.05, 0) is 12.5 Å². The number of aromatic nitrogens is 2. The maximum atomic E-state index is 12.0. The van der Waals surface area contributed by atoms with Crippen molar-refractivity contribution < 1.29 is 9.53 Å². The number of benzene rings is 1. The summed E-state index contributed by atoms with van der Waals surface area (Å²) < 4.78 is 5.28. The Labute approximate surface area is 105 Å². The molecule has 2 N–H and O–H groups in total. The van der Waals surface area contributed by atoms with Gasteiger partial charge >= 0.3 is 0 Å². The van der Waals surface area contributed by atoms with Crippen molar-refractivity contribution in [2.75, 3.05) is 19.8 Å². The van der Waals surface area contributed by atoms with E-state index in [1.165, 1.54) is 0 Å². The largest absolute Gasteiger partial charge is 0.381 e. The van der Waals surface area contributed by atoms with Crippen LogP contribution >= 0.6 is 0 Å². The van der Waals surface area contributed by atoms with E-state index in [-0.39, 0.29) is 5.91 Å². The minimum atomic E-state index is -0.126. The van der Waals surface area contributed by atoms with Gasteiger partial charge < -0.3 is 10.1 Å². The summed E-state index contributed by atoms with van der Waals surface area (Å²) in [6.07, 6.45) is 1.02. The lowest BCUT2D eigenvalue weighted by Crippen LogP contribution is -2.29. The number of H-pyrrole nitrogens is 1. The number of hydrogen-bond donors (Lipinski definition) is 2. The Bertz CT molecular complexity index is 558. The molecular weight excluding hydrogens is 230 g/mol. The quantitative estimate of drug-likeness (QED) is 0.857. The summed E-state index contributed by atoms with van der Waals surface area (Å²) in [5.41, 5.74) is 1.34. The molecule has 1 aromatic carbocycles. The zero-order valence-electron chi connectivity index (χ0n) is 9.98. The number of nitrogens with one attached hydrogen (secondary N) is 2. The van der Waals surface area contributed by atoms with Crippen molar-refractivity contribution in [3.63, 3.8) is 0 Å². The van der Waals surface area contributed by atoms with E-state index in [0.29, 0.717) is 18.2 Å². The average Bonchev–Trinajstić information content (AvgIpc) is 3.05. The molecule has 5 heteroatoms. The highest BCUT2D eigenvalue weighted by atomic mass is 16.5. The molecule has 0 spiro atoms. The van der Waals surface area contributed by atoms with Crippen molar-refractivity contribution in [1.82, 2.24) is 15.5 Å². The first kappa shape index (κ1) is 11.2. The summed E-state index contributed by atoms with van der Waals surface area (Å²) in [4.78, 5) is 12.0. The van der Waals surface area contributed by atoms with Crippen molar-refractivity contribution in [2.45, 2.75) is 6.42 Å². The second-order valence-corrected chi connectivity index (χ2v) is 4.56. The van der Waals surface area contributed by atoms with Gasteiger partial charge in [0.2, 0.25) is 0 Å². The van der Waals surface area contributed by atoms with Gasteiger partial charge in [-0.2, -0.15) is 5.10 Å². The number of ether oxygens (including phenoxy) is 1. The monoisotopic (exact) mass is 245 g/mol. The predicted molar refractivity (Wildman–Crippen MR) is 67.4 cm³/mol. The van der Waals surface area contributed by atoms with Crippen molar-refractivity contribution in [3.8, 4) is 0 Å². The number of hydrogen-bond acceptors (Lipinski definition) is 3. The molecule has 3 rings (SSSR count). The summed E-state index contributed by atoms with van der Waals surface area (Å²) in [6.45, 7) is 2.19. The van der Waals surface area contributed by atoms with E-state index < -0.39 is 0 Å². The smallest absolute Gasteiger partial charge is 0.272 e. The van der Waals surface area contributed by atoms with E-state index in [2.05, 4.69) is 15.5 Å². The molecule has 1 atom stereocenters. The molecule has 5 nitrogen and oxygen atoms in total. The molecule has 94 valence electrons. The van der Waals surface area contributed by atoms with Crippen LogP contribution in [-0.4, -0.2) is 35.9 Å². The molecule has 2 heterocycles. The van der Waals surface area contributed by atoms with Crippen LogP contribution in [0.4, 0.5) is 0 Å². The minimum absolute atomic E-state index is 0.126. The lowest BCUT2D eigenvalue weighted by molar-refractivity contribution is 0.0941. The lowest BCUT2D eigenvalue weighted by atomic mass is 10.1. The number of amides is 1. The van der Waals surface area contributed by atoms with E-state index >= 15 is 0 Å². The van der Waals surface area contributed by atoms with Crippen LogP contribution in [0.3, 0.4) is 0 Å². The van der Waals surface area contributed by atoms with Crippen molar-refractivity contribution >= 4 is 16.8 Å². The fourth-order valence-electron chi connectivity index (χ4n) is 2.20. The van der Waals surface area contributed by atoms with Gasteiger partial charge in [0, 0.05) is 24.5 Å². The zero-order valence-corrected chi connectivity index (χ0v) is 9.98. The molecule has 0 unspecified atom stereocenters. The van der Waals surface area contributed by atoms with Crippen molar-refractivity contribution in [3.05, 3.63) is 30.0 Å². The second-order valence-electron chi connectivity index (χ2n) is 4.56. The normalized spacial score (nSPS) is 19.2. The summed E-state index contributed by atoms with van der Waals surface area (Å²) in [5.74, 6) is 0.304. The topological polar surface area (TPSA) is 67.0 Å². The molecule has 1 saturated heterocycles. The molecule has 0 bridgehead atoms. The Hall–Kier alpha value is -1.88. The number of fused-ring (bicyclic) bond motifs is 1. The first-order valence-corrected chi connectivity index (χ1v) is 6.13. The fourth-order valence-corrected chi connectivity index (χ4v) is 2.20. The van der Waals surface area contributed by atoms with Crippen LogP contribution in [0, 0.1) is 5.92 Å². The van der Waals surface area contributed by atoms with E-state index in [1.807, 2.05) is 24.3 Å². The third-order valence-corrected chi connectivity index (χ3v) is 3.26. The van der Waals surface area contributed by atoms with E-state index in [4.69, 9.17) is 4.74 Å². The van der Waals surface area contributed by atoms with Gasteiger partial charge in [-0.15, -0.1) is 0 Å². The third kappa shape index (κ3) is 2.09. The summed E-state index contributed by atoms with van der Waals surface area (Å²) in [6, 6.07) is 7.62. The highest BCUT2D eigenvalue weighted by molar-refractivity contribution is 6.04. The van der Waals surface area contributed by atoms with Gasteiger partial charge in [0.15, 0.2) is 5.69 Å². The minimum Gasteiger partial charge on any atom is -0.381 e. The fraction of sp³-hybridized carbons (Fsp3) is 0.385. The highest BCUT2D eigenvalue weighted by Gasteiger charge is 2.18. The molecule has 1 fully saturated rings. The Morgan fingerprint density at radius 3 is 3.22 bits per heavy atom. The van der Waals surface area contributed by atoms with Gasteiger partial charge in [-0.3, -0.25) is 9.89 Å². The number of carbonyl (C=O) groups is 1. The molecule has 1 amide bonds. The van der Waals surface area contributed by atoms with Crippen LogP contribution in [-0.2, 0) is 4.74 Å². The second kappa shape index (κ2) is 4.78. The number of rotatable bonds is 3. The number of para-hydroxylation sites is 1. The maximum absolute atomic E-state index is 12.0. The molecule has 2 aromatic rings. The third-order valence-electron chi connectivity index (χ3n) is 3.26. The molecule has 0 radical (unpaired) electrons. The number of carbonyl (C=O) groups excluding carboxylic acids is 1. The summed E-state index contributed by atoms with van der Waals surface area (Å²) >= 11 is 0. The number of aromatic amines is 1. The Kier molecular flexibility index (Phi) is 2.98. The van der Waals surface area contributed by atoms with Crippen LogP contribution in [0.25, 0.3) is 10.9 Å². The lowest BCUT2D eigenvalue weighted by Gasteiger charge is -2.08. The Morgan fingerprint density at radius 2 is 2.39 bits per heavy atom. The average molecular weight is 245 g/mol. The van der Waals surface area contributed by atoms with Crippen LogP contribution in [0.1, 0.15) is 16.9 Å². The van der Waals surface area contributed by atoms with Crippen LogP contribution < -0.4 is 5.32 Å². The van der Waals surface area contributed by atoms with Gasteiger partial charge in [0.25, 0.3) is 5.91 Å². The molecule has 1 aromatic heterocycles. The molecule has 0 saturated carbocycles. The van der Waals surface area contributed by atoms with Crippen LogP contribution in [0.15, 0.2) is 24.3 Å². The van der Waals surface area contributed by atoms with Crippen LogP contribution in [0.2, 0.25) is 0 Å². The van der Waals surface area contributed by atoms with E-state index in [1.54, 1.807) is 0 Å². The highest BCUT2D eigenvalue weighted by Crippen LogP contribution is 2.15. The first-order valence-electron chi connectivity index (χ1n) is 6.13. The summed E-state index contributed by atoms with van der Waals surface area (Å²) in [5, 5.41) is 10.7. The van der Waals surface area contributed by atoms with Gasteiger partial charge in [0.05, 0.1) is 12.1 Å². The maximum Gasteiger partial charge on any atom is 0.272 e.